The first-order chi connectivity index (χ1) is 9.63. The monoisotopic (exact) mass is 267 g/mol. The molecule has 0 bridgehead atoms. The number of benzene rings is 1. The van der Waals surface area contributed by atoms with Crippen LogP contribution in [0.5, 0.6) is 0 Å². The van der Waals surface area contributed by atoms with Crippen LogP contribution in [0, 0.1) is 0 Å². The van der Waals surface area contributed by atoms with Gasteiger partial charge in [0.1, 0.15) is 0 Å². The van der Waals surface area contributed by atoms with Crippen molar-refractivity contribution in [2.24, 2.45) is 0 Å². The molecule has 3 rings (SSSR count). The Labute approximate surface area is 115 Å². The van der Waals surface area contributed by atoms with Gasteiger partial charge in [-0.3, -0.25) is 14.4 Å². The fourth-order valence-electron chi connectivity index (χ4n) is 2.53. The van der Waals surface area contributed by atoms with Gasteiger partial charge in [0.05, 0.1) is 5.56 Å². The number of carbonyl (C=O) groups excluding carboxylic acids is 2. The predicted octanol–water partition coefficient (Wildman–Crippen LogP) is 2.03. The van der Waals surface area contributed by atoms with Crippen molar-refractivity contribution in [3.63, 3.8) is 0 Å². The summed E-state index contributed by atoms with van der Waals surface area (Å²) in [5.74, 6) is -0.448. The van der Waals surface area contributed by atoms with Crippen LogP contribution in [0.1, 0.15) is 45.2 Å². The summed E-state index contributed by atoms with van der Waals surface area (Å²) < 4.78 is 1.48. The van der Waals surface area contributed by atoms with E-state index in [0.717, 1.165) is 6.42 Å². The number of pyridine rings is 1. The average molecular weight is 267 g/mol. The Morgan fingerprint density at radius 2 is 1.50 bits per heavy atom. The summed E-state index contributed by atoms with van der Waals surface area (Å²) >= 11 is 0. The quantitative estimate of drug-likeness (QED) is 0.714. The second kappa shape index (κ2) is 4.56. The number of carbonyl (C=O) groups is 2. The lowest BCUT2D eigenvalue weighted by molar-refractivity contribution is 0.0978. The van der Waals surface area contributed by atoms with Crippen molar-refractivity contribution in [1.82, 2.24) is 4.57 Å². The molecule has 0 unspecified atom stereocenters. The zero-order chi connectivity index (χ0) is 14.3. The highest BCUT2D eigenvalue weighted by molar-refractivity contribution is 6.28. The molecule has 4 nitrogen and oxygen atoms in total. The number of hydrogen-bond donors (Lipinski definition) is 0. The van der Waals surface area contributed by atoms with Crippen molar-refractivity contribution in [2.45, 2.75) is 19.9 Å². The minimum atomic E-state index is -0.254. The fourth-order valence-corrected chi connectivity index (χ4v) is 2.53. The Morgan fingerprint density at radius 1 is 0.900 bits per heavy atom. The van der Waals surface area contributed by atoms with Gasteiger partial charge in [0, 0.05) is 35.5 Å². The highest BCUT2D eigenvalue weighted by Crippen LogP contribution is 2.25. The van der Waals surface area contributed by atoms with Crippen molar-refractivity contribution in [3.8, 4) is 0 Å². The molecule has 1 heterocycles. The van der Waals surface area contributed by atoms with Crippen LogP contribution in [0.15, 0.2) is 41.3 Å². The molecule has 0 fully saturated rings. The summed E-state index contributed by atoms with van der Waals surface area (Å²) in [6.45, 7) is 2.49. The molecule has 100 valence electrons. The summed E-state index contributed by atoms with van der Waals surface area (Å²) in [6, 6.07) is 8.00. The third-order valence-electron chi connectivity index (χ3n) is 3.50. The maximum Gasteiger partial charge on any atom is 0.251 e. The second-order valence-corrected chi connectivity index (χ2v) is 4.84. The largest absolute Gasteiger partial charge is 0.315 e. The van der Waals surface area contributed by atoms with Crippen LogP contribution in [-0.2, 0) is 6.54 Å². The van der Waals surface area contributed by atoms with Gasteiger partial charge in [-0.2, -0.15) is 0 Å². The first-order valence-corrected chi connectivity index (χ1v) is 6.56. The lowest BCUT2D eigenvalue weighted by atomic mass is 9.85. The third kappa shape index (κ3) is 1.72. The molecule has 1 aliphatic rings. The molecule has 20 heavy (non-hydrogen) atoms. The van der Waals surface area contributed by atoms with Gasteiger partial charge in [0.2, 0.25) is 0 Å². The van der Waals surface area contributed by atoms with Gasteiger partial charge in [-0.05, 0) is 6.42 Å². The van der Waals surface area contributed by atoms with Crippen molar-refractivity contribution in [1.29, 1.82) is 0 Å². The average Bonchev–Trinajstić information content (AvgIpc) is 2.46. The predicted molar refractivity (Wildman–Crippen MR) is 74.3 cm³/mol. The number of hydrogen-bond acceptors (Lipinski definition) is 3. The topological polar surface area (TPSA) is 56.1 Å². The van der Waals surface area contributed by atoms with Crippen LogP contribution < -0.4 is 5.56 Å². The van der Waals surface area contributed by atoms with Gasteiger partial charge in [0.15, 0.2) is 11.6 Å². The summed E-state index contributed by atoms with van der Waals surface area (Å²) in [6.07, 6.45) is 2.30. The molecule has 1 aromatic heterocycles. The molecule has 1 aromatic carbocycles. The third-order valence-corrected chi connectivity index (χ3v) is 3.50. The van der Waals surface area contributed by atoms with E-state index in [-0.39, 0.29) is 22.7 Å². The Morgan fingerprint density at radius 3 is 2.10 bits per heavy atom. The lowest BCUT2D eigenvalue weighted by Gasteiger charge is -2.18. The Kier molecular flexibility index (Phi) is 2.86. The minimum Gasteiger partial charge on any atom is -0.315 e. The van der Waals surface area contributed by atoms with Gasteiger partial charge < -0.3 is 4.57 Å². The normalized spacial score (nSPS) is 13.1. The molecule has 0 saturated carbocycles. The van der Waals surface area contributed by atoms with E-state index in [2.05, 4.69) is 0 Å². The molecule has 0 saturated heterocycles. The number of aromatic nitrogens is 1. The Balaban J connectivity index is 2.26. The molecular weight excluding hydrogens is 254 g/mol. The van der Waals surface area contributed by atoms with Gasteiger partial charge in [0.25, 0.3) is 5.56 Å². The van der Waals surface area contributed by atoms with E-state index in [1.54, 1.807) is 24.3 Å². The Hall–Kier alpha value is -2.49. The fraction of sp³-hybridized carbons (Fsp3) is 0.188. The maximum absolute atomic E-state index is 12.5. The van der Waals surface area contributed by atoms with E-state index in [0.29, 0.717) is 23.2 Å². The number of nitrogens with zero attached hydrogens (tertiary/aromatic N) is 1. The summed E-state index contributed by atoms with van der Waals surface area (Å²) in [5.41, 5.74) is 1.07. The smallest absolute Gasteiger partial charge is 0.251 e. The van der Waals surface area contributed by atoms with Gasteiger partial charge in [-0.25, -0.2) is 0 Å². The van der Waals surface area contributed by atoms with Crippen LogP contribution in [0.3, 0.4) is 0 Å². The van der Waals surface area contributed by atoms with E-state index >= 15 is 0 Å². The molecule has 2 aromatic rings. The first-order valence-electron chi connectivity index (χ1n) is 6.56. The molecule has 0 spiro atoms. The van der Waals surface area contributed by atoms with Gasteiger partial charge in [-0.15, -0.1) is 0 Å². The van der Waals surface area contributed by atoms with Crippen molar-refractivity contribution < 1.29 is 9.59 Å². The van der Waals surface area contributed by atoms with E-state index in [1.807, 2.05) is 6.92 Å². The van der Waals surface area contributed by atoms with E-state index in [4.69, 9.17) is 0 Å². The number of rotatable bonds is 2. The first kappa shape index (κ1) is 12.5. The van der Waals surface area contributed by atoms with Crippen LogP contribution in [0.4, 0.5) is 0 Å². The molecule has 0 amide bonds. The van der Waals surface area contributed by atoms with Crippen LogP contribution >= 0.6 is 0 Å². The molecular formula is C16H13NO3. The molecule has 0 radical (unpaired) electrons. The number of aryl methyl sites for hydroxylation is 1. The SMILES string of the molecule is CCCn1cc2c(cc1=O)C(=O)c1ccccc1C2=O. The van der Waals surface area contributed by atoms with Crippen molar-refractivity contribution in [3.05, 3.63) is 69.1 Å². The second-order valence-electron chi connectivity index (χ2n) is 4.84. The zero-order valence-corrected chi connectivity index (χ0v) is 11.1. The van der Waals surface area contributed by atoms with Gasteiger partial charge >= 0.3 is 0 Å². The lowest BCUT2D eigenvalue weighted by Crippen LogP contribution is -2.28. The highest BCUT2D eigenvalue weighted by Gasteiger charge is 2.30. The Bertz CT molecular complexity index is 787. The van der Waals surface area contributed by atoms with Crippen molar-refractivity contribution >= 4 is 11.6 Å². The number of fused-ring (bicyclic) bond motifs is 2. The van der Waals surface area contributed by atoms with Crippen LogP contribution in [0.25, 0.3) is 0 Å². The summed E-state index contributed by atoms with van der Waals surface area (Å²) in [4.78, 5) is 36.8. The van der Waals surface area contributed by atoms with Crippen LogP contribution in [-0.4, -0.2) is 16.1 Å². The van der Waals surface area contributed by atoms with E-state index < -0.39 is 0 Å². The highest BCUT2D eigenvalue weighted by atomic mass is 16.1. The summed E-state index contributed by atoms with van der Waals surface area (Å²) in [7, 11) is 0. The molecule has 0 aliphatic heterocycles. The minimum absolute atomic E-state index is 0.194. The maximum atomic E-state index is 12.5. The zero-order valence-electron chi connectivity index (χ0n) is 11.1. The molecule has 0 N–H and O–H groups in total. The van der Waals surface area contributed by atoms with E-state index in [1.165, 1.54) is 16.8 Å². The molecule has 0 atom stereocenters. The van der Waals surface area contributed by atoms with Crippen LogP contribution in [0.2, 0.25) is 0 Å². The van der Waals surface area contributed by atoms with Crippen molar-refractivity contribution in [2.75, 3.05) is 0 Å². The van der Waals surface area contributed by atoms with Gasteiger partial charge in [-0.1, -0.05) is 31.2 Å². The summed E-state index contributed by atoms with van der Waals surface area (Å²) in [5, 5.41) is 0. The number of ketones is 2. The molecule has 4 heteroatoms. The molecule has 1 aliphatic carbocycles. The standard InChI is InChI=1S/C16H13NO3/c1-2-7-17-9-13-12(8-14(17)18)15(19)10-5-3-4-6-11(10)16(13)20/h3-6,8-9H,2,7H2,1H3. The van der Waals surface area contributed by atoms with E-state index in [9.17, 15) is 14.4 Å².